The highest BCUT2D eigenvalue weighted by Crippen LogP contribution is 2.33. The molecule has 3 unspecified atom stereocenters. The van der Waals surface area contributed by atoms with Gasteiger partial charge in [-0.05, 0) is 62.1 Å². The van der Waals surface area contributed by atoms with Gasteiger partial charge in [-0.25, -0.2) is 0 Å². The predicted octanol–water partition coefficient (Wildman–Crippen LogP) is 2.35. The van der Waals surface area contributed by atoms with Crippen LogP contribution in [0.15, 0.2) is 24.3 Å². The number of ether oxygens (including phenoxy) is 1. The van der Waals surface area contributed by atoms with E-state index in [0.717, 1.165) is 31.2 Å². The molecule has 160 valence electrons. The van der Waals surface area contributed by atoms with Crippen LogP contribution in [0.1, 0.15) is 50.5 Å². The number of rotatable bonds is 8. The fourth-order valence-corrected chi connectivity index (χ4v) is 4.37. The van der Waals surface area contributed by atoms with Crippen molar-refractivity contribution in [1.82, 2.24) is 16.0 Å². The van der Waals surface area contributed by atoms with Crippen LogP contribution in [0.4, 0.5) is 0 Å². The maximum Gasteiger partial charge on any atom is 0.258 e. The van der Waals surface area contributed by atoms with Crippen LogP contribution in [0.2, 0.25) is 0 Å². The lowest BCUT2D eigenvalue weighted by Gasteiger charge is -2.24. The second-order valence-electron chi connectivity index (χ2n) is 8.42. The van der Waals surface area contributed by atoms with Crippen molar-refractivity contribution in [2.75, 3.05) is 13.2 Å². The normalized spacial score (nSPS) is 25.4. The molecule has 1 saturated heterocycles. The summed E-state index contributed by atoms with van der Waals surface area (Å²) in [4.78, 5) is 24.1. The Bertz CT molecular complexity index is 679. The largest absolute Gasteiger partial charge is 0.484 e. The molecule has 3 atom stereocenters. The molecule has 6 nitrogen and oxygen atoms in total. The molecule has 0 bridgehead atoms. The molecule has 2 amide bonds. The van der Waals surface area contributed by atoms with E-state index in [0.29, 0.717) is 30.3 Å². The second kappa shape index (κ2) is 10.3. The van der Waals surface area contributed by atoms with Crippen LogP contribution in [0, 0.1) is 5.92 Å². The number of hydrogen-bond acceptors (Lipinski definition) is 4. The quantitative estimate of drug-likeness (QED) is 0.602. The minimum Gasteiger partial charge on any atom is -0.484 e. The first-order chi connectivity index (χ1) is 13.7. The Labute approximate surface area is 178 Å². The lowest BCUT2D eigenvalue weighted by Crippen LogP contribution is -2.43. The van der Waals surface area contributed by atoms with Crippen molar-refractivity contribution in [2.24, 2.45) is 5.92 Å². The molecule has 1 aromatic carbocycles. The predicted molar refractivity (Wildman–Crippen MR) is 114 cm³/mol. The van der Waals surface area contributed by atoms with Crippen LogP contribution >= 0.6 is 12.4 Å². The van der Waals surface area contributed by atoms with Crippen LogP contribution in [0.25, 0.3) is 0 Å². The molecule has 4 rings (SSSR count). The van der Waals surface area contributed by atoms with E-state index >= 15 is 0 Å². The summed E-state index contributed by atoms with van der Waals surface area (Å²) in [5.74, 6) is 1.45. The molecule has 1 aliphatic heterocycles. The first-order valence-electron chi connectivity index (χ1n) is 10.7. The van der Waals surface area contributed by atoms with Gasteiger partial charge < -0.3 is 20.7 Å². The van der Waals surface area contributed by atoms with Crippen molar-refractivity contribution in [3.8, 4) is 5.75 Å². The van der Waals surface area contributed by atoms with Gasteiger partial charge in [0.05, 0.1) is 6.04 Å². The van der Waals surface area contributed by atoms with Crippen molar-refractivity contribution < 1.29 is 14.3 Å². The molecule has 1 heterocycles. The zero-order chi connectivity index (χ0) is 19.3. The number of carbonyl (C=O) groups is 2. The number of halogens is 1. The Morgan fingerprint density at radius 2 is 1.83 bits per heavy atom. The smallest absolute Gasteiger partial charge is 0.258 e. The van der Waals surface area contributed by atoms with Crippen LogP contribution in [0.5, 0.6) is 5.75 Å². The number of carbonyl (C=O) groups excluding carboxylic acids is 2. The molecular formula is C22H32ClN3O3. The molecule has 0 aromatic heterocycles. The Balaban J connectivity index is 0.00000240. The van der Waals surface area contributed by atoms with E-state index in [2.05, 4.69) is 16.0 Å². The SMILES string of the molecule is Cl.O=C(COc1ccc(CCNC(=O)C2CC3CCCCC3N2)cc1)NC1CC1. The fraction of sp³-hybridized carbons (Fsp3) is 0.636. The molecule has 2 aliphatic carbocycles. The molecule has 0 spiro atoms. The number of benzene rings is 1. The van der Waals surface area contributed by atoms with E-state index in [4.69, 9.17) is 4.74 Å². The summed E-state index contributed by atoms with van der Waals surface area (Å²) in [6.45, 7) is 0.693. The average molecular weight is 422 g/mol. The van der Waals surface area contributed by atoms with Crippen LogP contribution in [-0.4, -0.2) is 43.1 Å². The van der Waals surface area contributed by atoms with Crippen LogP contribution in [0.3, 0.4) is 0 Å². The summed E-state index contributed by atoms with van der Waals surface area (Å²) in [7, 11) is 0. The summed E-state index contributed by atoms with van der Waals surface area (Å²) in [6, 6.07) is 8.62. The third kappa shape index (κ3) is 6.34. The summed E-state index contributed by atoms with van der Waals surface area (Å²) in [6.07, 6.45) is 8.99. The molecule has 29 heavy (non-hydrogen) atoms. The Kier molecular flexibility index (Phi) is 7.78. The highest BCUT2D eigenvalue weighted by Gasteiger charge is 2.37. The first kappa shape index (κ1) is 21.9. The highest BCUT2D eigenvalue weighted by molar-refractivity contribution is 5.85. The summed E-state index contributed by atoms with van der Waals surface area (Å²) < 4.78 is 5.52. The molecule has 2 saturated carbocycles. The minimum absolute atomic E-state index is 0. The molecule has 3 aliphatic rings. The molecular weight excluding hydrogens is 390 g/mol. The Morgan fingerprint density at radius 1 is 1.07 bits per heavy atom. The van der Waals surface area contributed by atoms with Crippen molar-refractivity contribution in [3.63, 3.8) is 0 Å². The van der Waals surface area contributed by atoms with Gasteiger partial charge in [-0.15, -0.1) is 12.4 Å². The zero-order valence-electron chi connectivity index (χ0n) is 16.8. The maximum atomic E-state index is 12.4. The highest BCUT2D eigenvalue weighted by atomic mass is 35.5. The number of fused-ring (bicyclic) bond motifs is 1. The van der Waals surface area contributed by atoms with Crippen LogP contribution in [-0.2, 0) is 16.0 Å². The van der Waals surface area contributed by atoms with E-state index in [-0.39, 0.29) is 36.9 Å². The Hall–Kier alpha value is -1.79. The van der Waals surface area contributed by atoms with Gasteiger partial charge >= 0.3 is 0 Å². The van der Waals surface area contributed by atoms with E-state index in [1.54, 1.807) is 0 Å². The van der Waals surface area contributed by atoms with Crippen molar-refractivity contribution >= 4 is 24.2 Å². The van der Waals surface area contributed by atoms with Crippen LogP contribution < -0.4 is 20.7 Å². The van der Waals surface area contributed by atoms with Gasteiger partial charge in [0.2, 0.25) is 5.91 Å². The van der Waals surface area contributed by atoms with Gasteiger partial charge in [0.25, 0.3) is 5.91 Å². The standard InChI is InChI=1S/C22H31N3O3.ClH/c26-21(24-17-7-8-17)14-28-18-9-5-15(6-10-18)11-12-23-22(27)20-13-16-3-1-2-4-19(16)25-20;/h5-6,9-10,16-17,19-20,25H,1-4,7-8,11-14H2,(H,23,27)(H,24,26);1H. The molecule has 3 fully saturated rings. The monoisotopic (exact) mass is 421 g/mol. The van der Waals surface area contributed by atoms with E-state index in [1.807, 2.05) is 24.3 Å². The third-order valence-electron chi connectivity index (χ3n) is 6.13. The van der Waals surface area contributed by atoms with E-state index in [1.165, 1.54) is 25.7 Å². The number of hydrogen-bond donors (Lipinski definition) is 3. The van der Waals surface area contributed by atoms with Crippen molar-refractivity contribution in [3.05, 3.63) is 29.8 Å². The summed E-state index contributed by atoms with van der Waals surface area (Å²) in [5, 5.41) is 9.51. The van der Waals surface area contributed by atoms with Gasteiger partial charge in [-0.2, -0.15) is 0 Å². The Morgan fingerprint density at radius 3 is 2.55 bits per heavy atom. The molecule has 1 aromatic rings. The second-order valence-corrected chi connectivity index (χ2v) is 8.42. The van der Waals surface area contributed by atoms with Gasteiger partial charge in [-0.1, -0.05) is 25.0 Å². The molecule has 7 heteroatoms. The number of amides is 2. The van der Waals surface area contributed by atoms with Gasteiger partial charge in [0.1, 0.15) is 5.75 Å². The topological polar surface area (TPSA) is 79.5 Å². The number of nitrogens with one attached hydrogen (secondary N) is 3. The first-order valence-corrected chi connectivity index (χ1v) is 10.7. The van der Waals surface area contributed by atoms with E-state index in [9.17, 15) is 9.59 Å². The van der Waals surface area contributed by atoms with Gasteiger partial charge in [-0.3, -0.25) is 9.59 Å². The third-order valence-corrected chi connectivity index (χ3v) is 6.13. The molecule has 3 N–H and O–H groups in total. The summed E-state index contributed by atoms with van der Waals surface area (Å²) in [5.41, 5.74) is 1.14. The lowest BCUT2D eigenvalue weighted by atomic mass is 9.85. The zero-order valence-corrected chi connectivity index (χ0v) is 17.6. The van der Waals surface area contributed by atoms with Crippen molar-refractivity contribution in [2.45, 2.75) is 69.5 Å². The lowest BCUT2D eigenvalue weighted by molar-refractivity contribution is -0.123. The minimum atomic E-state index is -0.0605. The summed E-state index contributed by atoms with van der Waals surface area (Å²) >= 11 is 0. The van der Waals surface area contributed by atoms with E-state index < -0.39 is 0 Å². The van der Waals surface area contributed by atoms with Crippen molar-refractivity contribution in [1.29, 1.82) is 0 Å². The van der Waals surface area contributed by atoms with Gasteiger partial charge in [0, 0.05) is 18.6 Å². The molecule has 0 radical (unpaired) electrons. The fourth-order valence-electron chi connectivity index (χ4n) is 4.37. The van der Waals surface area contributed by atoms with Gasteiger partial charge in [0.15, 0.2) is 6.61 Å². The average Bonchev–Trinajstić information content (AvgIpc) is 3.41. The maximum absolute atomic E-state index is 12.4.